The average molecular weight is 205 g/mol. The van der Waals surface area contributed by atoms with Crippen molar-refractivity contribution in [2.75, 3.05) is 0 Å². The van der Waals surface area contributed by atoms with Gasteiger partial charge >= 0.3 is 0 Å². The minimum Gasteiger partial charge on any atom is -0.489 e. The second-order valence-corrected chi connectivity index (χ2v) is 4.36. The zero-order chi connectivity index (χ0) is 10.5. The summed E-state index contributed by atoms with van der Waals surface area (Å²) in [6.45, 7) is 2.28. The molecule has 1 saturated carbocycles. The van der Waals surface area contributed by atoms with Gasteiger partial charge in [0.15, 0.2) is 0 Å². The summed E-state index contributed by atoms with van der Waals surface area (Å²) in [5, 5.41) is 0. The van der Waals surface area contributed by atoms with Crippen molar-refractivity contribution >= 4 is 0 Å². The molecule has 2 rings (SSSR count). The first kappa shape index (κ1) is 10.5. The summed E-state index contributed by atoms with van der Waals surface area (Å²) in [5.74, 6) is 1.84. The van der Waals surface area contributed by atoms with Crippen LogP contribution in [0.4, 0.5) is 0 Å². The van der Waals surface area contributed by atoms with Crippen LogP contribution in [0, 0.1) is 5.92 Å². The first-order valence-electron chi connectivity index (χ1n) is 5.95. The van der Waals surface area contributed by atoms with Crippen LogP contribution in [0.3, 0.4) is 0 Å². The van der Waals surface area contributed by atoms with E-state index in [9.17, 15) is 0 Å². The molecule has 1 aliphatic carbocycles. The molecule has 15 heavy (non-hydrogen) atoms. The first-order valence-corrected chi connectivity index (χ1v) is 5.95. The smallest absolute Gasteiger partial charge is 0.137 e. The van der Waals surface area contributed by atoms with Crippen molar-refractivity contribution in [1.82, 2.24) is 4.98 Å². The maximum Gasteiger partial charge on any atom is 0.137 e. The lowest BCUT2D eigenvalue weighted by Crippen LogP contribution is -2.23. The number of nitrogens with zero attached hydrogens (tertiary/aromatic N) is 1. The Balaban J connectivity index is 1.82. The molecule has 0 radical (unpaired) electrons. The molecule has 0 amide bonds. The van der Waals surface area contributed by atoms with Gasteiger partial charge in [0.1, 0.15) is 5.75 Å². The first-order chi connectivity index (χ1) is 7.38. The molecular weight excluding hydrogens is 186 g/mol. The monoisotopic (exact) mass is 205 g/mol. The lowest BCUT2D eigenvalue weighted by molar-refractivity contribution is 0.129. The van der Waals surface area contributed by atoms with Crippen molar-refractivity contribution in [2.45, 2.75) is 45.1 Å². The molecule has 82 valence electrons. The Morgan fingerprint density at radius 2 is 2.13 bits per heavy atom. The van der Waals surface area contributed by atoms with Crippen LogP contribution in [0.25, 0.3) is 0 Å². The van der Waals surface area contributed by atoms with Crippen molar-refractivity contribution in [3.63, 3.8) is 0 Å². The summed E-state index contributed by atoms with van der Waals surface area (Å²) in [5.41, 5.74) is 0. The minimum atomic E-state index is 0.414. The topological polar surface area (TPSA) is 22.1 Å². The Labute approximate surface area is 91.7 Å². The highest BCUT2D eigenvalue weighted by Gasteiger charge is 2.20. The molecule has 0 N–H and O–H groups in total. The Morgan fingerprint density at radius 1 is 1.33 bits per heavy atom. The normalized spacial score (nSPS) is 26.2. The lowest BCUT2D eigenvalue weighted by atomic mass is 9.86. The molecule has 2 nitrogen and oxygen atoms in total. The van der Waals surface area contributed by atoms with Gasteiger partial charge in [-0.2, -0.15) is 0 Å². The number of hydrogen-bond donors (Lipinski definition) is 0. The number of rotatable bonds is 3. The van der Waals surface area contributed by atoms with Gasteiger partial charge in [-0.1, -0.05) is 13.3 Å². The highest BCUT2D eigenvalue weighted by atomic mass is 16.5. The highest BCUT2D eigenvalue weighted by molar-refractivity contribution is 5.15. The van der Waals surface area contributed by atoms with Crippen LogP contribution >= 0.6 is 0 Å². The molecule has 1 aromatic heterocycles. The van der Waals surface area contributed by atoms with Gasteiger partial charge in [0.2, 0.25) is 0 Å². The van der Waals surface area contributed by atoms with Gasteiger partial charge in [-0.05, 0) is 43.7 Å². The number of pyridine rings is 1. The van der Waals surface area contributed by atoms with E-state index in [4.69, 9.17) is 4.74 Å². The third-order valence-electron chi connectivity index (χ3n) is 3.31. The van der Waals surface area contributed by atoms with Crippen molar-refractivity contribution in [1.29, 1.82) is 0 Å². The minimum absolute atomic E-state index is 0.414. The summed E-state index contributed by atoms with van der Waals surface area (Å²) in [6, 6.07) is 3.91. The van der Waals surface area contributed by atoms with Crippen LogP contribution in [0.2, 0.25) is 0 Å². The SMILES string of the molecule is CCC1CCC(Oc2cccnc2)CC1. The third-order valence-corrected chi connectivity index (χ3v) is 3.31. The van der Waals surface area contributed by atoms with E-state index < -0.39 is 0 Å². The van der Waals surface area contributed by atoms with Gasteiger partial charge in [0, 0.05) is 6.20 Å². The number of aromatic nitrogens is 1. The zero-order valence-electron chi connectivity index (χ0n) is 9.36. The molecule has 0 saturated heterocycles. The largest absolute Gasteiger partial charge is 0.489 e. The van der Waals surface area contributed by atoms with Gasteiger partial charge in [-0.25, -0.2) is 0 Å². The van der Waals surface area contributed by atoms with E-state index in [1.165, 1.54) is 32.1 Å². The molecule has 0 unspecified atom stereocenters. The van der Waals surface area contributed by atoms with Crippen molar-refractivity contribution < 1.29 is 4.74 Å². The molecule has 0 bridgehead atoms. The third kappa shape index (κ3) is 2.95. The molecule has 0 atom stereocenters. The predicted molar refractivity (Wildman–Crippen MR) is 60.9 cm³/mol. The second kappa shape index (κ2) is 5.15. The van der Waals surface area contributed by atoms with E-state index >= 15 is 0 Å². The van der Waals surface area contributed by atoms with E-state index in [2.05, 4.69) is 11.9 Å². The van der Waals surface area contributed by atoms with Crippen LogP contribution in [0.15, 0.2) is 24.5 Å². The quantitative estimate of drug-likeness (QED) is 0.754. The molecule has 1 heterocycles. The van der Waals surface area contributed by atoms with Gasteiger partial charge in [0.05, 0.1) is 12.3 Å². The van der Waals surface area contributed by atoms with E-state index in [1.54, 1.807) is 12.4 Å². The Hall–Kier alpha value is -1.05. The van der Waals surface area contributed by atoms with Gasteiger partial charge in [0.25, 0.3) is 0 Å². The Kier molecular flexibility index (Phi) is 3.59. The van der Waals surface area contributed by atoms with Gasteiger partial charge in [-0.15, -0.1) is 0 Å². The van der Waals surface area contributed by atoms with Crippen molar-refractivity contribution in [3.8, 4) is 5.75 Å². The summed E-state index contributed by atoms with van der Waals surface area (Å²) in [7, 11) is 0. The molecule has 0 aliphatic heterocycles. The molecule has 2 heteroatoms. The van der Waals surface area contributed by atoms with E-state index in [-0.39, 0.29) is 0 Å². The van der Waals surface area contributed by atoms with Crippen LogP contribution in [-0.2, 0) is 0 Å². The lowest BCUT2D eigenvalue weighted by Gasteiger charge is -2.28. The van der Waals surface area contributed by atoms with Crippen LogP contribution < -0.4 is 4.74 Å². The fourth-order valence-corrected chi connectivity index (χ4v) is 2.27. The van der Waals surface area contributed by atoms with Gasteiger partial charge in [-0.3, -0.25) is 4.98 Å². The van der Waals surface area contributed by atoms with Crippen LogP contribution in [0.1, 0.15) is 39.0 Å². The van der Waals surface area contributed by atoms with Crippen LogP contribution in [-0.4, -0.2) is 11.1 Å². The van der Waals surface area contributed by atoms with Gasteiger partial charge < -0.3 is 4.74 Å². The standard InChI is InChI=1S/C13H19NO/c1-2-11-5-7-12(8-6-11)15-13-4-3-9-14-10-13/h3-4,9-12H,2,5-8H2,1H3. The zero-order valence-corrected chi connectivity index (χ0v) is 9.36. The molecule has 1 aliphatic rings. The average Bonchev–Trinajstić information content (AvgIpc) is 2.31. The number of hydrogen-bond acceptors (Lipinski definition) is 2. The maximum absolute atomic E-state index is 5.89. The van der Waals surface area contributed by atoms with Crippen molar-refractivity contribution in [3.05, 3.63) is 24.5 Å². The Morgan fingerprint density at radius 3 is 2.73 bits per heavy atom. The van der Waals surface area contributed by atoms with Crippen LogP contribution in [0.5, 0.6) is 5.75 Å². The molecule has 1 fully saturated rings. The summed E-state index contributed by atoms with van der Waals surface area (Å²) < 4.78 is 5.89. The second-order valence-electron chi connectivity index (χ2n) is 4.36. The summed E-state index contributed by atoms with van der Waals surface area (Å²) in [6.07, 6.45) is 10.4. The Bertz CT molecular complexity index is 278. The van der Waals surface area contributed by atoms with E-state index in [0.717, 1.165) is 11.7 Å². The summed E-state index contributed by atoms with van der Waals surface area (Å²) >= 11 is 0. The molecule has 0 aromatic carbocycles. The molecule has 0 spiro atoms. The fraction of sp³-hybridized carbons (Fsp3) is 0.615. The van der Waals surface area contributed by atoms with E-state index in [0.29, 0.717) is 6.10 Å². The maximum atomic E-state index is 5.89. The fourth-order valence-electron chi connectivity index (χ4n) is 2.27. The van der Waals surface area contributed by atoms with Crippen molar-refractivity contribution in [2.24, 2.45) is 5.92 Å². The highest BCUT2D eigenvalue weighted by Crippen LogP contribution is 2.28. The predicted octanol–water partition coefficient (Wildman–Crippen LogP) is 3.43. The number of ether oxygens (including phenoxy) is 1. The molecular formula is C13H19NO. The molecule has 1 aromatic rings. The van der Waals surface area contributed by atoms with E-state index in [1.807, 2.05) is 12.1 Å². The summed E-state index contributed by atoms with van der Waals surface area (Å²) in [4.78, 5) is 4.06.